The molecule has 2 rings (SSSR count). The first kappa shape index (κ1) is 8.72. The van der Waals surface area contributed by atoms with E-state index in [1.165, 1.54) is 0 Å². The van der Waals surface area contributed by atoms with Crippen molar-refractivity contribution in [2.45, 2.75) is 38.3 Å². The Kier molecular flexibility index (Phi) is 1.72. The molecule has 13 heavy (non-hydrogen) atoms. The fourth-order valence-electron chi connectivity index (χ4n) is 1.64. The summed E-state index contributed by atoms with van der Waals surface area (Å²) in [5.41, 5.74) is 6.33. The Morgan fingerprint density at radius 2 is 2.15 bits per heavy atom. The third kappa shape index (κ3) is 1.26. The van der Waals surface area contributed by atoms with E-state index in [0.29, 0.717) is 18.7 Å². The number of aliphatic hydroxyl groups is 1. The van der Waals surface area contributed by atoms with Gasteiger partial charge in [0.25, 0.3) is 0 Å². The van der Waals surface area contributed by atoms with Crippen LogP contribution in [0.2, 0.25) is 0 Å². The Hall–Kier alpha value is -0.870. The number of hydrogen-bond acceptors (Lipinski definition) is 4. The highest BCUT2D eigenvalue weighted by Crippen LogP contribution is 2.38. The Morgan fingerprint density at radius 1 is 1.54 bits per heavy atom. The van der Waals surface area contributed by atoms with Crippen molar-refractivity contribution in [2.24, 2.45) is 5.73 Å². The molecule has 1 heterocycles. The highest BCUT2D eigenvalue weighted by molar-refractivity contribution is 5.15. The van der Waals surface area contributed by atoms with Crippen molar-refractivity contribution in [2.75, 3.05) is 0 Å². The van der Waals surface area contributed by atoms with Crippen LogP contribution in [0.3, 0.4) is 0 Å². The average molecular weight is 182 g/mol. The number of aliphatic hydroxyl groups excluding tert-OH is 1. The molecule has 0 radical (unpaired) electrons. The minimum Gasteiger partial charge on any atom is -0.444 e. The molecule has 0 unspecified atom stereocenters. The van der Waals surface area contributed by atoms with E-state index < -0.39 is 5.54 Å². The summed E-state index contributed by atoms with van der Waals surface area (Å²) in [7, 11) is 0. The predicted molar refractivity (Wildman–Crippen MR) is 47.1 cm³/mol. The predicted octanol–water partition coefficient (Wildman–Crippen LogP) is 0.600. The minimum absolute atomic E-state index is 0.294. The minimum atomic E-state index is -0.529. The maximum atomic E-state index is 9.17. The zero-order chi connectivity index (χ0) is 9.64. The molecule has 0 atom stereocenters. The number of rotatable bonds is 1. The zero-order valence-electron chi connectivity index (χ0n) is 7.87. The van der Waals surface area contributed by atoms with Crippen molar-refractivity contribution in [1.29, 1.82) is 0 Å². The highest BCUT2D eigenvalue weighted by atomic mass is 16.4. The standard InChI is InChI=1S/C9H14N2O2/c1-5-6(2)13-8(11-5)9(10)3-7(12)4-9/h7,12H,3-4,10H2,1-2H3. The van der Waals surface area contributed by atoms with Crippen LogP contribution in [0, 0.1) is 13.8 Å². The molecule has 1 aromatic heterocycles. The van der Waals surface area contributed by atoms with Crippen LogP contribution in [0.4, 0.5) is 0 Å². The molecule has 0 saturated heterocycles. The third-order valence-corrected chi connectivity index (χ3v) is 2.65. The van der Waals surface area contributed by atoms with Gasteiger partial charge in [0.15, 0.2) is 0 Å². The molecule has 1 fully saturated rings. The normalized spacial score (nSPS) is 33.1. The van der Waals surface area contributed by atoms with Crippen molar-refractivity contribution >= 4 is 0 Å². The average Bonchev–Trinajstić information content (AvgIpc) is 2.30. The second-order valence-corrected chi connectivity index (χ2v) is 3.88. The second kappa shape index (κ2) is 2.56. The second-order valence-electron chi connectivity index (χ2n) is 3.88. The number of nitrogens with two attached hydrogens (primary N) is 1. The molecule has 0 spiro atoms. The van der Waals surface area contributed by atoms with Gasteiger partial charge in [-0.2, -0.15) is 0 Å². The first-order chi connectivity index (χ1) is 6.01. The molecule has 0 amide bonds. The first-order valence-electron chi connectivity index (χ1n) is 4.43. The van der Waals surface area contributed by atoms with E-state index in [2.05, 4.69) is 4.98 Å². The Balaban J connectivity index is 2.26. The number of nitrogens with zero attached hydrogens (tertiary/aromatic N) is 1. The van der Waals surface area contributed by atoms with Gasteiger partial charge in [-0.25, -0.2) is 4.98 Å². The fraction of sp³-hybridized carbons (Fsp3) is 0.667. The summed E-state index contributed by atoms with van der Waals surface area (Å²) in [6, 6.07) is 0. The van der Waals surface area contributed by atoms with E-state index >= 15 is 0 Å². The van der Waals surface area contributed by atoms with E-state index in [0.717, 1.165) is 11.5 Å². The number of oxazole rings is 1. The monoisotopic (exact) mass is 182 g/mol. The van der Waals surface area contributed by atoms with Gasteiger partial charge in [0.2, 0.25) is 5.89 Å². The number of aromatic nitrogens is 1. The molecule has 1 aliphatic carbocycles. The topological polar surface area (TPSA) is 72.3 Å². The van der Waals surface area contributed by atoms with Gasteiger partial charge in [-0.05, 0) is 13.8 Å². The van der Waals surface area contributed by atoms with Gasteiger partial charge in [0.05, 0.1) is 17.3 Å². The van der Waals surface area contributed by atoms with Crippen molar-refractivity contribution in [3.8, 4) is 0 Å². The van der Waals surface area contributed by atoms with E-state index in [1.807, 2.05) is 13.8 Å². The van der Waals surface area contributed by atoms with Gasteiger partial charge in [-0.15, -0.1) is 0 Å². The molecule has 1 saturated carbocycles. The first-order valence-corrected chi connectivity index (χ1v) is 4.43. The summed E-state index contributed by atoms with van der Waals surface area (Å²) in [6.07, 6.45) is 0.802. The van der Waals surface area contributed by atoms with Crippen molar-refractivity contribution in [3.63, 3.8) is 0 Å². The van der Waals surface area contributed by atoms with E-state index in [4.69, 9.17) is 10.2 Å². The summed E-state index contributed by atoms with van der Waals surface area (Å²) in [5.74, 6) is 1.37. The molecule has 1 aromatic rings. The molecular weight excluding hydrogens is 168 g/mol. The van der Waals surface area contributed by atoms with Crippen molar-refractivity contribution in [3.05, 3.63) is 17.3 Å². The maximum absolute atomic E-state index is 9.17. The van der Waals surface area contributed by atoms with Crippen LogP contribution in [0.1, 0.15) is 30.2 Å². The van der Waals surface area contributed by atoms with Gasteiger partial charge < -0.3 is 15.3 Å². The SMILES string of the molecule is Cc1nc(C2(N)CC(O)C2)oc1C. The summed E-state index contributed by atoms with van der Waals surface area (Å²) < 4.78 is 5.42. The summed E-state index contributed by atoms with van der Waals surface area (Å²) in [4.78, 5) is 4.24. The highest BCUT2D eigenvalue weighted by Gasteiger charge is 2.45. The van der Waals surface area contributed by atoms with E-state index in [-0.39, 0.29) is 6.10 Å². The van der Waals surface area contributed by atoms with Crippen LogP contribution in [0.25, 0.3) is 0 Å². The quantitative estimate of drug-likeness (QED) is 0.667. The van der Waals surface area contributed by atoms with Crippen LogP contribution in [-0.2, 0) is 5.54 Å². The zero-order valence-corrected chi connectivity index (χ0v) is 7.87. The summed E-state index contributed by atoms with van der Waals surface area (Å²) in [5, 5.41) is 9.17. The van der Waals surface area contributed by atoms with E-state index in [1.54, 1.807) is 0 Å². The lowest BCUT2D eigenvalue weighted by Crippen LogP contribution is -2.51. The Bertz CT molecular complexity index is 307. The molecule has 0 bridgehead atoms. The molecule has 3 N–H and O–H groups in total. The Labute approximate surface area is 76.8 Å². The van der Waals surface area contributed by atoms with Crippen LogP contribution in [0.5, 0.6) is 0 Å². The maximum Gasteiger partial charge on any atom is 0.214 e. The largest absolute Gasteiger partial charge is 0.444 e. The third-order valence-electron chi connectivity index (χ3n) is 2.65. The van der Waals surface area contributed by atoms with Gasteiger partial charge in [0, 0.05) is 12.8 Å². The van der Waals surface area contributed by atoms with Crippen molar-refractivity contribution in [1.82, 2.24) is 4.98 Å². The van der Waals surface area contributed by atoms with E-state index in [9.17, 15) is 5.11 Å². The molecule has 0 aromatic carbocycles. The summed E-state index contributed by atoms with van der Waals surface area (Å²) >= 11 is 0. The molecule has 0 aliphatic heterocycles. The smallest absolute Gasteiger partial charge is 0.214 e. The van der Waals surface area contributed by atoms with Gasteiger partial charge in [-0.3, -0.25) is 0 Å². The van der Waals surface area contributed by atoms with Gasteiger partial charge in [0.1, 0.15) is 5.76 Å². The number of hydrogen-bond donors (Lipinski definition) is 2. The molecule has 72 valence electrons. The van der Waals surface area contributed by atoms with Crippen LogP contribution in [0.15, 0.2) is 4.42 Å². The molecule has 4 nitrogen and oxygen atoms in total. The van der Waals surface area contributed by atoms with Crippen molar-refractivity contribution < 1.29 is 9.52 Å². The fourth-order valence-corrected chi connectivity index (χ4v) is 1.64. The molecular formula is C9H14N2O2. The Morgan fingerprint density at radius 3 is 2.54 bits per heavy atom. The summed E-state index contributed by atoms with van der Waals surface area (Å²) in [6.45, 7) is 3.76. The lowest BCUT2D eigenvalue weighted by Gasteiger charge is -2.39. The van der Waals surface area contributed by atoms with Crippen LogP contribution in [-0.4, -0.2) is 16.2 Å². The molecule has 1 aliphatic rings. The number of aryl methyl sites for hydroxylation is 2. The molecule has 4 heteroatoms. The van der Waals surface area contributed by atoms with Gasteiger partial charge >= 0.3 is 0 Å². The van der Waals surface area contributed by atoms with Crippen LogP contribution >= 0.6 is 0 Å². The van der Waals surface area contributed by atoms with Gasteiger partial charge in [-0.1, -0.05) is 0 Å². The lowest BCUT2D eigenvalue weighted by molar-refractivity contribution is 0.00693. The van der Waals surface area contributed by atoms with Crippen LogP contribution < -0.4 is 5.73 Å². The lowest BCUT2D eigenvalue weighted by atomic mass is 9.75.